The Morgan fingerprint density at radius 2 is 1.48 bits per heavy atom. The normalized spacial score (nSPS) is 10.6. The van der Waals surface area contributed by atoms with E-state index in [1.807, 2.05) is 60.7 Å². The molecule has 1 heterocycles. The average Bonchev–Trinajstić information content (AvgIpc) is 2.81. The second-order valence-corrected chi connectivity index (χ2v) is 7.48. The van der Waals surface area contributed by atoms with Crippen LogP contribution in [0.1, 0.15) is 13.8 Å². The summed E-state index contributed by atoms with van der Waals surface area (Å²) in [7, 11) is 0. The molecule has 0 N–H and O–H groups in total. The van der Waals surface area contributed by atoms with Crippen LogP contribution in [0.3, 0.4) is 0 Å². The summed E-state index contributed by atoms with van der Waals surface area (Å²) in [5.41, 5.74) is 3.69. The van der Waals surface area contributed by atoms with Crippen LogP contribution in [0.5, 0.6) is 0 Å². The number of aromatic nitrogens is 2. The monoisotopic (exact) mass is 473 g/mol. The molecule has 8 heteroatoms. The van der Waals surface area contributed by atoms with Gasteiger partial charge in [-0.1, -0.05) is 60.7 Å². The summed E-state index contributed by atoms with van der Waals surface area (Å²) in [5, 5.41) is 10.4. The van der Waals surface area contributed by atoms with Crippen molar-refractivity contribution < 1.29 is 70.8 Å². The van der Waals surface area contributed by atoms with Gasteiger partial charge in [-0.05, 0) is 13.8 Å². The molecule has 0 unspecified atom stereocenters. The fourth-order valence-electron chi connectivity index (χ4n) is 3.30. The van der Waals surface area contributed by atoms with Crippen LogP contribution in [-0.4, -0.2) is 55.0 Å². The molecule has 33 heavy (non-hydrogen) atoms. The zero-order valence-corrected chi connectivity index (χ0v) is 22.6. The van der Waals surface area contributed by atoms with Crippen molar-refractivity contribution in [3.8, 4) is 22.5 Å². The fraction of sp³-hybridized carbons (Fsp3) is 0.320. The van der Waals surface area contributed by atoms with Gasteiger partial charge >= 0.3 is 51.4 Å². The number of carbonyl (C=O) groups excluding carboxylic acids is 1. The molecule has 0 saturated heterocycles. The van der Waals surface area contributed by atoms with Crippen molar-refractivity contribution in [1.82, 2.24) is 9.97 Å². The topological polar surface area (TPSA) is 87.6 Å². The molecule has 1 aromatic heterocycles. The predicted molar refractivity (Wildman–Crippen MR) is 122 cm³/mol. The van der Waals surface area contributed by atoms with Gasteiger partial charge in [0.15, 0.2) is 0 Å². The van der Waals surface area contributed by atoms with Gasteiger partial charge in [-0.15, -0.1) is 0 Å². The maximum atomic E-state index is 10.4. The number of ether oxygens (including phenoxy) is 2. The van der Waals surface area contributed by atoms with E-state index >= 15 is 0 Å². The van der Waals surface area contributed by atoms with Crippen molar-refractivity contribution in [3.05, 3.63) is 66.9 Å². The third kappa shape index (κ3) is 8.57. The number of rotatable bonds is 12. The van der Waals surface area contributed by atoms with Crippen LogP contribution in [0.2, 0.25) is 0 Å². The SMILES string of the molecule is CC(C)N(CCOCCOCC(=O)[O-])c1cnc(-c2ccccc2)c(-c2ccccc2)n1.[K+]. The number of nitrogens with zero attached hydrogens (tertiary/aromatic N) is 3. The molecule has 0 atom stereocenters. The molecule has 3 rings (SSSR count). The molecule has 0 spiro atoms. The molecule has 3 aromatic rings. The van der Waals surface area contributed by atoms with Gasteiger partial charge in [0.05, 0.1) is 50.0 Å². The molecule has 0 amide bonds. The summed E-state index contributed by atoms with van der Waals surface area (Å²) < 4.78 is 10.5. The van der Waals surface area contributed by atoms with Crippen molar-refractivity contribution in [2.75, 3.05) is 37.9 Å². The van der Waals surface area contributed by atoms with Gasteiger partial charge in [-0.25, -0.2) is 4.98 Å². The molecule has 2 aromatic carbocycles. The van der Waals surface area contributed by atoms with E-state index in [4.69, 9.17) is 19.4 Å². The van der Waals surface area contributed by atoms with Crippen LogP contribution in [0.15, 0.2) is 66.9 Å². The maximum Gasteiger partial charge on any atom is 1.00 e. The van der Waals surface area contributed by atoms with Gasteiger partial charge < -0.3 is 24.3 Å². The van der Waals surface area contributed by atoms with Crippen molar-refractivity contribution >= 4 is 11.8 Å². The summed E-state index contributed by atoms with van der Waals surface area (Å²) in [6, 6.07) is 20.3. The second-order valence-electron chi connectivity index (χ2n) is 7.48. The van der Waals surface area contributed by atoms with Crippen LogP contribution >= 0.6 is 0 Å². The van der Waals surface area contributed by atoms with Crippen LogP contribution in [0.25, 0.3) is 22.5 Å². The van der Waals surface area contributed by atoms with Gasteiger partial charge in [-0.2, -0.15) is 0 Å². The van der Waals surface area contributed by atoms with Crippen LogP contribution in [-0.2, 0) is 14.3 Å². The van der Waals surface area contributed by atoms with Crippen molar-refractivity contribution in [3.63, 3.8) is 0 Å². The van der Waals surface area contributed by atoms with E-state index in [0.717, 1.165) is 28.3 Å². The standard InChI is InChI=1S/C25H29N3O4.K/c1-19(2)28(13-14-31-15-16-32-18-23(29)30)22-17-26-24(20-9-5-3-6-10-20)25(27-22)21-11-7-4-8-12-21;/h3-12,17,19H,13-16,18H2,1-2H3,(H,29,30);/q;+1/p-1. The molecule has 168 valence electrons. The first-order valence-corrected chi connectivity index (χ1v) is 10.7. The Kier molecular flexibility index (Phi) is 12.2. The second kappa shape index (κ2) is 14.6. The predicted octanol–water partition coefficient (Wildman–Crippen LogP) is -0.187. The van der Waals surface area contributed by atoms with Gasteiger partial charge in [-0.3, -0.25) is 4.98 Å². The van der Waals surface area contributed by atoms with E-state index in [1.54, 1.807) is 6.20 Å². The third-order valence-corrected chi connectivity index (χ3v) is 4.84. The zero-order valence-electron chi connectivity index (χ0n) is 19.4. The first-order valence-electron chi connectivity index (χ1n) is 10.7. The van der Waals surface area contributed by atoms with E-state index in [-0.39, 0.29) is 64.0 Å². The van der Waals surface area contributed by atoms with Crippen LogP contribution in [0.4, 0.5) is 5.82 Å². The Labute approximate surface area is 237 Å². The molecule has 0 saturated carbocycles. The maximum absolute atomic E-state index is 10.4. The number of hydrogen-bond donors (Lipinski definition) is 0. The van der Waals surface area contributed by atoms with E-state index in [0.29, 0.717) is 19.8 Å². The number of anilines is 1. The molecule has 0 radical (unpaired) electrons. The van der Waals surface area contributed by atoms with Gasteiger partial charge in [0.1, 0.15) is 5.82 Å². The minimum Gasteiger partial charge on any atom is -0.548 e. The minimum atomic E-state index is -1.23. The quantitative estimate of drug-likeness (QED) is 0.266. The Bertz CT molecular complexity index is 987. The summed E-state index contributed by atoms with van der Waals surface area (Å²) in [6.07, 6.45) is 1.80. The van der Waals surface area contributed by atoms with E-state index in [2.05, 4.69) is 18.7 Å². The molecule has 0 fully saturated rings. The Balaban J connectivity index is 0.00000385. The Morgan fingerprint density at radius 1 is 0.909 bits per heavy atom. The van der Waals surface area contributed by atoms with Gasteiger partial charge in [0.25, 0.3) is 0 Å². The Hall–Kier alpha value is -1.65. The first kappa shape index (κ1) is 27.6. The first-order chi connectivity index (χ1) is 15.6. The van der Waals surface area contributed by atoms with Crippen LogP contribution in [0, 0.1) is 0 Å². The van der Waals surface area contributed by atoms with E-state index in [9.17, 15) is 9.90 Å². The fourth-order valence-corrected chi connectivity index (χ4v) is 3.30. The van der Waals surface area contributed by atoms with Gasteiger partial charge in [0, 0.05) is 23.7 Å². The van der Waals surface area contributed by atoms with Crippen molar-refractivity contribution in [2.24, 2.45) is 0 Å². The molecular weight excluding hydrogens is 445 g/mol. The van der Waals surface area contributed by atoms with Gasteiger partial charge in [0.2, 0.25) is 0 Å². The molecule has 0 bridgehead atoms. The summed E-state index contributed by atoms with van der Waals surface area (Å²) >= 11 is 0. The molecule has 7 nitrogen and oxygen atoms in total. The number of aliphatic carboxylic acids is 1. The summed E-state index contributed by atoms with van der Waals surface area (Å²) in [4.78, 5) is 22.3. The molecule has 0 aliphatic heterocycles. The molecule has 0 aliphatic carbocycles. The number of carboxylic acids is 1. The minimum absolute atomic E-state index is 0. The number of benzene rings is 2. The average molecular weight is 474 g/mol. The molecular formula is C25H28KN3O4. The van der Waals surface area contributed by atoms with E-state index < -0.39 is 12.6 Å². The third-order valence-electron chi connectivity index (χ3n) is 4.84. The number of hydrogen-bond acceptors (Lipinski definition) is 7. The summed E-state index contributed by atoms with van der Waals surface area (Å²) in [6.45, 7) is 5.36. The van der Waals surface area contributed by atoms with Crippen LogP contribution < -0.4 is 61.4 Å². The summed E-state index contributed by atoms with van der Waals surface area (Å²) in [5.74, 6) is -0.460. The molecule has 0 aliphatic rings. The van der Waals surface area contributed by atoms with Crippen molar-refractivity contribution in [1.29, 1.82) is 0 Å². The number of carbonyl (C=O) groups is 1. The van der Waals surface area contributed by atoms with Crippen molar-refractivity contribution in [2.45, 2.75) is 19.9 Å². The smallest absolute Gasteiger partial charge is 0.548 e. The number of carboxylic acid groups (broad SMARTS) is 1. The van der Waals surface area contributed by atoms with E-state index in [1.165, 1.54) is 0 Å². The Morgan fingerprint density at radius 3 is 2.06 bits per heavy atom. The zero-order chi connectivity index (χ0) is 22.8. The largest absolute Gasteiger partial charge is 1.00 e.